The lowest BCUT2D eigenvalue weighted by molar-refractivity contribution is 0.627. The molecule has 3 heteroatoms. The van der Waals surface area contributed by atoms with Crippen LogP contribution in [0.5, 0.6) is 0 Å². The summed E-state index contributed by atoms with van der Waals surface area (Å²) in [6.45, 7) is 0. The van der Waals surface area contributed by atoms with Gasteiger partial charge in [-0.15, -0.1) is 0 Å². The lowest BCUT2D eigenvalue weighted by Gasteiger charge is -2.37. The van der Waals surface area contributed by atoms with Crippen molar-refractivity contribution in [3.63, 3.8) is 0 Å². The summed E-state index contributed by atoms with van der Waals surface area (Å²) >= 11 is 0. The Kier molecular flexibility index (Phi) is 8.84. The molecule has 0 N–H and O–H groups in total. The van der Waals surface area contributed by atoms with Gasteiger partial charge in [-0.3, -0.25) is 0 Å². The molecule has 0 spiro atoms. The highest BCUT2D eigenvalue weighted by Gasteiger charge is 2.38. The molecule has 0 nitrogen and oxygen atoms in total. The molecule has 0 fully saturated rings. The van der Waals surface area contributed by atoms with Gasteiger partial charge in [0.05, 0.1) is 5.41 Å². The maximum atomic E-state index is 13.8. The topological polar surface area (TPSA) is 0 Å². The average Bonchev–Trinajstić information content (AvgIpc) is 3.20. The van der Waals surface area contributed by atoms with Gasteiger partial charge in [0.15, 0.2) is 0 Å². The predicted octanol–water partition coefficient (Wildman–Crippen LogP) is 13.2. The lowest BCUT2D eigenvalue weighted by atomic mass is 9.64. The largest absolute Gasteiger partial charge is 0.207 e. The minimum Gasteiger partial charge on any atom is -0.207 e. The second kappa shape index (κ2) is 14.0. The van der Waals surface area contributed by atoms with Crippen LogP contribution in [-0.4, -0.2) is 0 Å². The number of halogens is 3. The first-order valence-corrected chi connectivity index (χ1v) is 17.2. The van der Waals surface area contributed by atoms with E-state index in [-0.39, 0.29) is 17.5 Å². The summed E-state index contributed by atoms with van der Waals surface area (Å²) in [7, 11) is 0. The van der Waals surface area contributed by atoms with Crippen molar-refractivity contribution in [3.8, 4) is 44.5 Å². The Bertz CT molecular complexity index is 2180. The van der Waals surface area contributed by atoms with Crippen LogP contribution in [0, 0.1) is 17.5 Å². The van der Waals surface area contributed by atoms with Crippen molar-refractivity contribution in [1.82, 2.24) is 0 Å². The number of benzene rings is 8. The molecule has 0 unspecified atom stereocenters. The van der Waals surface area contributed by atoms with E-state index in [0.29, 0.717) is 0 Å². The van der Waals surface area contributed by atoms with Crippen LogP contribution in [0.4, 0.5) is 13.2 Å². The highest BCUT2D eigenvalue weighted by atomic mass is 19.1. The fraction of sp³-hybridized carbons (Fsp3) is 0.0204. The summed E-state index contributed by atoms with van der Waals surface area (Å²) < 4.78 is 41.4. The van der Waals surface area contributed by atoms with Crippen molar-refractivity contribution in [2.45, 2.75) is 5.41 Å². The van der Waals surface area contributed by atoms with Crippen LogP contribution in [-0.2, 0) is 5.41 Å². The molecule has 0 amide bonds. The quantitative estimate of drug-likeness (QED) is 0.140. The van der Waals surface area contributed by atoms with Crippen molar-refractivity contribution < 1.29 is 13.2 Å². The van der Waals surface area contributed by atoms with E-state index < -0.39 is 5.41 Å². The molecule has 250 valence electrons. The van der Waals surface area contributed by atoms with E-state index in [1.165, 1.54) is 36.4 Å². The molecule has 0 saturated heterocycles. The third-order valence-electron chi connectivity index (χ3n) is 9.91. The van der Waals surface area contributed by atoms with Gasteiger partial charge in [0.1, 0.15) is 17.5 Å². The van der Waals surface area contributed by atoms with Gasteiger partial charge in [-0.2, -0.15) is 0 Å². The van der Waals surface area contributed by atoms with Crippen molar-refractivity contribution in [2.24, 2.45) is 0 Å². The zero-order valence-corrected chi connectivity index (χ0v) is 28.2. The maximum absolute atomic E-state index is 13.8. The molecule has 0 aromatic heterocycles. The standard InChI is InChI=1S/C49H33F3/c50-46-28-14-39(15-29-46)36-8-22-43(23-9-36)49(42-20-6-35(7-21-42)34-4-2-1-3-5-34,44-24-10-37(11-25-44)40-16-30-47(51)31-17-40)45-26-12-38(13-27-45)41-18-32-48(52)33-19-41/h1-33H. The van der Waals surface area contributed by atoms with E-state index in [4.69, 9.17) is 0 Å². The van der Waals surface area contributed by atoms with Crippen molar-refractivity contribution in [3.05, 3.63) is 240 Å². The van der Waals surface area contributed by atoms with Crippen LogP contribution >= 0.6 is 0 Å². The van der Waals surface area contributed by atoms with Gasteiger partial charge in [0.25, 0.3) is 0 Å². The maximum Gasteiger partial charge on any atom is 0.123 e. The highest BCUT2D eigenvalue weighted by molar-refractivity contribution is 5.72. The summed E-state index contributed by atoms with van der Waals surface area (Å²) in [5.74, 6) is -0.815. The SMILES string of the molecule is Fc1ccc(-c2ccc(C(c3ccc(-c4ccccc4)cc3)(c3ccc(-c4ccc(F)cc4)cc3)c3ccc(-c4ccc(F)cc4)cc3)cc2)cc1. The molecule has 0 aliphatic carbocycles. The van der Waals surface area contributed by atoms with Gasteiger partial charge in [-0.1, -0.05) is 164 Å². The van der Waals surface area contributed by atoms with E-state index in [1.807, 2.05) is 18.2 Å². The second-order valence-electron chi connectivity index (χ2n) is 12.9. The number of rotatable bonds is 8. The summed E-state index contributed by atoms with van der Waals surface area (Å²) in [6, 6.07) is 64.2. The molecule has 52 heavy (non-hydrogen) atoms. The molecular weight excluding hydrogens is 646 g/mol. The Labute approximate surface area is 302 Å². The second-order valence-corrected chi connectivity index (χ2v) is 12.9. The Morgan fingerprint density at radius 2 is 0.404 bits per heavy atom. The Hall–Kier alpha value is -6.45. The summed E-state index contributed by atoms with van der Waals surface area (Å²) in [4.78, 5) is 0. The highest BCUT2D eigenvalue weighted by Crippen LogP contribution is 2.47. The van der Waals surface area contributed by atoms with Crippen LogP contribution in [0.25, 0.3) is 44.5 Å². The van der Waals surface area contributed by atoms with Gasteiger partial charge in [-0.25, -0.2) is 13.2 Å². The molecule has 0 saturated carbocycles. The van der Waals surface area contributed by atoms with Gasteiger partial charge < -0.3 is 0 Å². The summed E-state index contributed by atoms with van der Waals surface area (Å²) in [6.07, 6.45) is 0. The number of hydrogen-bond acceptors (Lipinski definition) is 0. The zero-order chi connectivity index (χ0) is 35.5. The Morgan fingerprint density at radius 3 is 0.635 bits per heavy atom. The van der Waals surface area contributed by atoms with Gasteiger partial charge >= 0.3 is 0 Å². The van der Waals surface area contributed by atoms with Crippen LogP contribution in [0.2, 0.25) is 0 Å². The van der Waals surface area contributed by atoms with Crippen LogP contribution in [0.3, 0.4) is 0 Å². The zero-order valence-electron chi connectivity index (χ0n) is 28.2. The van der Waals surface area contributed by atoms with Crippen LogP contribution in [0.15, 0.2) is 200 Å². The molecule has 0 aliphatic rings. The fourth-order valence-electron chi connectivity index (χ4n) is 7.21. The minimum atomic E-state index is -0.765. The van der Waals surface area contributed by atoms with Gasteiger partial charge in [-0.05, 0) is 103 Å². The van der Waals surface area contributed by atoms with Crippen molar-refractivity contribution in [1.29, 1.82) is 0 Å². The van der Waals surface area contributed by atoms with Gasteiger partial charge in [0, 0.05) is 0 Å². The molecule has 8 rings (SSSR count). The fourth-order valence-corrected chi connectivity index (χ4v) is 7.21. The van der Waals surface area contributed by atoms with E-state index >= 15 is 0 Å². The third-order valence-corrected chi connectivity index (χ3v) is 9.91. The lowest BCUT2D eigenvalue weighted by Crippen LogP contribution is -2.31. The first-order chi connectivity index (χ1) is 25.5. The molecule has 0 radical (unpaired) electrons. The molecule has 8 aromatic carbocycles. The van der Waals surface area contributed by atoms with E-state index in [0.717, 1.165) is 66.8 Å². The van der Waals surface area contributed by atoms with Gasteiger partial charge in [0.2, 0.25) is 0 Å². The number of hydrogen-bond donors (Lipinski definition) is 0. The molecule has 0 atom stereocenters. The van der Waals surface area contributed by atoms with E-state index in [2.05, 4.69) is 109 Å². The minimum absolute atomic E-state index is 0.272. The first kappa shape index (κ1) is 32.7. The smallest absolute Gasteiger partial charge is 0.123 e. The molecule has 0 aliphatic heterocycles. The van der Waals surface area contributed by atoms with Crippen LogP contribution < -0.4 is 0 Å². The first-order valence-electron chi connectivity index (χ1n) is 17.2. The molecule has 8 aromatic rings. The van der Waals surface area contributed by atoms with Crippen molar-refractivity contribution in [2.75, 3.05) is 0 Å². The molecule has 0 heterocycles. The monoisotopic (exact) mass is 678 g/mol. The normalized spacial score (nSPS) is 11.4. The van der Waals surface area contributed by atoms with E-state index in [1.54, 1.807) is 36.4 Å². The molecular formula is C49H33F3. The van der Waals surface area contributed by atoms with E-state index in [9.17, 15) is 13.2 Å². The Balaban J connectivity index is 1.34. The summed E-state index contributed by atoms with van der Waals surface area (Å²) in [5.41, 5.74) is 11.4. The molecule has 0 bridgehead atoms. The van der Waals surface area contributed by atoms with Crippen molar-refractivity contribution >= 4 is 0 Å². The Morgan fingerprint density at radius 1 is 0.212 bits per heavy atom. The summed E-state index contributed by atoms with van der Waals surface area (Å²) in [5, 5.41) is 0. The van der Waals surface area contributed by atoms with Crippen LogP contribution in [0.1, 0.15) is 22.3 Å². The average molecular weight is 679 g/mol. The third kappa shape index (κ3) is 6.34. The predicted molar refractivity (Wildman–Crippen MR) is 206 cm³/mol.